The topological polar surface area (TPSA) is 88.9 Å². The van der Waals surface area contributed by atoms with Crippen molar-refractivity contribution in [2.24, 2.45) is 12.5 Å². The summed E-state index contributed by atoms with van der Waals surface area (Å²) in [4.78, 5) is 28.4. The lowest BCUT2D eigenvalue weighted by atomic mass is 9.79. The van der Waals surface area contributed by atoms with Gasteiger partial charge in [0.1, 0.15) is 23.5 Å². The fourth-order valence-electron chi connectivity index (χ4n) is 7.33. The van der Waals surface area contributed by atoms with Crippen LogP contribution >= 0.6 is 11.6 Å². The van der Waals surface area contributed by atoms with Gasteiger partial charge in [0.15, 0.2) is 5.82 Å². The molecule has 0 N–H and O–H groups in total. The first-order valence-corrected chi connectivity index (χ1v) is 16.4. The van der Waals surface area contributed by atoms with Crippen molar-refractivity contribution in [1.29, 1.82) is 0 Å². The van der Waals surface area contributed by atoms with Gasteiger partial charge in [-0.3, -0.25) is 4.68 Å². The number of ether oxygens (including phenoxy) is 2. The van der Waals surface area contributed by atoms with Gasteiger partial charge in [0.05, 0.1) is 16.7 Å². The minimum Gasteiger partial charge on any atom is -0.462 e. The highest BCUT2D eigenvalue weighted by Gasteiger charge is 2.51. The van der Waals surface area contributed by atoms with Crippen LogP contribution in [0.3, 0.4) is 0 Å². The average Bonchev–Trinajstić information content (AvgIpc) is 3.70. The van der Waals surface area contributed by atoms with Gasteiger partial charge in [0.2, 0.25) is 0 Å². The zero-order chi connectivity index (χ0) is 32.5. The van der Waals surface area contributed by atoms with E-state index in [-0.39, 0.29) is 39.7 Å². The molecular formula is C34H41ClFN7O3. The van der Waals surface area contributed by atoms with E-state index in [9.17, 15) is 4.79 Å². The van der Waals surface area contributed by atoms with Crippen LogP contribution in [0.5, 0.6) is 6.01 Å². The van der Waals surface area contributed by atoms with Crippen LogP contribution in [-0.2, 0) is 11.8 Å². The molecule has 1 spiro atoms. The van der Waals surface area contributed by atoms with Crippen LogP contribution in [0.25, 0.3) is 32.9 Å². The van der Waals surface area contributed by atoms with Crippen LogP contribution in [0.1, 0.15) is 45.6 Å². The Morgan fingerprint density at radius 2 is 1.91 bits per heavy atom. The number of nitrogens with zero attached hydrogens (tertiary/aromatic N) is 7. The minimum atomic E-state index is -0.547. The SMILES string of the molecule is Cc1ccc2cnn(C)c2c1-c1c(Cl)cc2c(N3CCC4(CN(C(=O)OC(C)(C)C)C4)C3)nc(OCC3CCCN3C)nc2c1F. The second kappa shape index (κ2) is 11.2. The molecule has 1 atom stereocenters. The highest BCUT2D eigenvalue weighted by atomic mass is 35.5. The number of hydrogen-bond acceptors (Lipinski definition) is 8. The summed E-state index contributed by atoms with van der Waals surface area (Å²) in [6.45, 7) is 11.6. The minimum absolute atomic E-state index is 0.0870. The smallest absolute Gasteiger partial charge is 0.410 e. The number of halogens is 2. The molecule has 1 unspecified atom stereocenters. The third-order valence-electron chi connectivity index (χ3n) is 9.72. The van der Waals surface area contributed by atoms with E-state index in [0.29, 0.717) is 49.6 Å². The van der Waals surface area contributed by atoms with Crippen LogP contribution < -0.4 is 9.64 Å². The Morgan fingerprint density at radius 1 is 1.13 bits per heavy atom. The normalized spacial score (nSPS) is 19.9. The quantitative estimate of drug-likeness (QED) is 0.252. The van der Waals surface area contributed by atoms with Crippen molar-refractivity contribution >= 4 is 45.3 Å². The van der Waals surface area contributed by atoms with E-state index < -0.39 is 11.4 Å². The number of fused-ring (bicyclic) bond motifs is 2. The molecule has 1 amide bonds. The number of benzene rings is 2. The standard InChI is InChI=1S/C34H41ClFN7O3/c1-20-9-10-21-15-37-41(6)29(21)25(20)26-24(35)14-23-28(27(26)36)38-31(45-16-22-8-7-12-40(22)5)39-30(23)42-13-11-34(17-42)18-43(19-34)32(44)46-33(2,3)4/h9-10,14-15,22H,7-8,11-13,16-19H2,1-6H3. The van der Waals surface area contributed by atoms with Crippen LogP contribution in [-0.4, -0.2) is 93.7 Å². The molecule has 3 saturated heterocycles. The molecule has 5 heterocycles. The molecule has 10 nitrogen and oxygen atoms in total. The molecule has 0 aliphatic carbocycles. The van der Waals surface area contributed by atoms with Crippen molar-refractivity contribution in [2.75, 3.05) is 51.3 Å². The zero-order valence-corrected chi connectivity index (χ0v) is 28.1. The number of carbonyl (C=O) groups is 1. The molecule has 0 radical (unpaired) electrons. The molecule has 2 aromatic heterocycles. The summed E-state index contributed by atoms with van der Waals surface area (Å²) in [5, 5.41) is 6.13. The van der Waals surface area contributed by atoms with E-state index in [4.69, 9.17) is 26.1 Å². The summed E-state index contributed by atoms with van der Waals surface area (Å²) in [6, 6.07) is 6.12. The summed E-state index contributed by atoms with van der Waals surface area (Å²) in [6.07, 6.45) is 4.49. The van der Waals surface area contributed by atoms with E-state index in [2.05, 4.69) is 26.9 Å². The third kappa shape index (κ3) is 5.41. The third-order valence-corrected chi connectivity index (χ3v) is 10.0. The summed E-state index contributed by atoms with van der Waals surface area (Å²) in [5.41, 5.74) is 2.20. The van der Waals surface area contributed by atoms with E-state index in [0.717, 1.165) is 42.3 Å². The van der Waals surface area contributed by atoms with Gasteiger partial charge in [-0.15, -0.1) is 0 Å². The van der Waals surface area contributed by atoms with Crippen LogP contribution in [0, 0.1) is 18.2 Å². The predicted molar refractivity (Wildman–Crippen MR) is 177 cm³/mol. The molecule has 244 valence electrons. The van der Waals surface area contributed by atoms with Gasteiger partial charge in [-0.05, 0) is 72.2 Å². The van der Waals surface area contributed by atoms with Gasteiger partial charge in [-0.25, -0.2) is 9.18 Å². The zero-order valence-electron chi connectivity index (χ0n) is 27.4. The van der Waals surface area contributed by atoms with E-state index in [1.807, 2.05) is 46.9 Å². The molecule has 3 aliphatic rings. The summed E-state index contributed by atoms with van der Waals surface area (Å²) in [5.74, 6) is 0.0784. The lowest BCUT2D eigenvalue weighted by Gasteiger charge is -2.47. The van der Waals surface area contributed by atoms with Crippen LogP contribution in [0.2, 0.25) is 5.02 Å². The van der Waals surface area contributed by atoms with Gasteiger partial charge in [0, 0.05) is 66.6 Å². The summed E-state index contributed by atoms with van der Waals surface area (Å²) >= 11 is 6.98. The van der Waals surface area contributed by atoms with Crippen LogP contribution in [0.15, 0.2) is 24.4 Å². The highest BCUT2D eigenvalue weighted by molar-refractivity contribution is 6.35. The van der Waals surface area contributed by atoms with Gasteiger partial charge in [-0.1, -0.05) is 23.7 Å². The lowest BCUT2D eigenvalue weighted by molar-refractivity contribution is -0.0266. The van der Waals surface area contributed by atoms with Crippen molar-refractivity contribution < 1.29 is 18.7 Å². The predicted octanol–water partition coefficient (Wildman–Crippen LogP) is 6.20. The van der Waals surface area contributed by atoms with Crippen molar-refractivity contribution in [3.05, 3.63) is 40.8 Å². The van der Waals surface area contributed by atoms with Gasteiger partial charge >= 0.3 is 12.1 Å². The maximum Gasteiger partial charge on any atom is 0.410 e. The molecule has 0 saturated carbocycles. The molecule has 4 aromatic rings. The first-order chi connectivity index (χ1) is 21.8. The van der Waals surface area contributed by atoms with Crippen molar-refractivity contribution in [3.63, 3.8) is 0 Å². The molecule has 7 rings (SSSR count). The molecule has 0 bridgehead atoms. The Bertz CT molecular complexity index is 1850. The number of likely N-dealkylation sites (N-methyl/N-ethyl adjacent to an activating group) is 1. The van der Waals surface area contributed by atoms with E-state index >= 15 is 4.39 Å². The monoisotopic (exact) mass is 649 g/mol. The largest absolute Gasteiger partial charge is 0.462 e. The maximum absolute atomic E-state index is 17.0. The van der Waals surface area contributed by atoms with Gasteiger partial charge in [0.25, 0.3) is 0 Å². The Morgan fingerprint density at radius 3 is 2.63 bits per heavy atom. The fourth-order valence-corrected chi connectivity index (χ4v) is 7.62. The fraction of sp³-hybridized carbons (Fsp3) is 0.529. The van der Waals surface area contributed by atoms with Gasteiger partial charge in [-0.2, -0.15) is 15.1 Å². The van der Waals surface area contributed by atoms with Gasteiger partial charge < -0.3 is 24.2 Å². The van der Waals surface area contributed by atoms with E-state index in [1.54, 1.807) is 21.8 Å². The van der Waals surface area contributed by atoms with E-state index in [1.165, 1.54) is 0 Å². The summed E-state index contributed by atoms with van der Waals surface area (Å²) in [7, 11) is 3.93. The van der Waals surface area contributed by atoms with Crippen LogP contribution in [0.4, 0.5) is 15.0 Å². The Hall–Kier alpha value is -3.70. The number of amides is 1. The molecule has 3 aliphatic heterocycles. The Kier molecular flexibility index (Phi) is 7.55. The maximum atomic E-state index is 17.0. The summed E-state index contributed by atoms with van der Waals surface area (Å²) < 4.78 is 30.5. The average molecular weight is 650 g/mol. The number of likely N-dealkylation sites (tertiary alicyclic amines) is 2. The molecule has 3 fully saturated rings. The van der Waals surface area contributed by atoms with Crippen molar-refractivity contribution in [2.45, 2.75) is 58.6 Å². The molecule has 12 heteroatoms. The number of hydrogen-bond donors (Lipinski definition) is 0. The number of aromatic nitrogens is 4. The Labute approximate surface area is 273 Å². The second-order valence-corrected chi connectivity index (χ2v) is 14.7. The number of anilines is 1. The number of rotatable bonds is 5. The first kappa shape index (κ1) is 30.9. The molecule has 46 heavy (non-hydrogen) atoms. The Balaban J connectivity index is 1.28. The number of carbonyl (C=O) groups excluding carboxylic acids is 1. The lowest BCUT2D eigenvalue weighted by Crippen LogP contribution is -2.60. The molecular weight excluding hydrogens is 609 g/mol. The second-order valence-electron chi connectivity index (χ2n) is 14.3. The molecule has 2 aromatic carbocycles. The van der Waals surface area contributed by atoms with Crippen molar-refractivity contribution in [3.8, 4) is 17.1 Å². The van der Waals surface area contributed by atoms with Crippen molar-refractivity contribution in [1.82, 2.24) is 29.5 Å². The highest BCUT2D eigenvalue weighted by Crippen LogP contribution is 2.46. The number of aryl methyl sites for hydroxylation is 2. The first-order valence-electron chi connectivity index (χ1n) is 16.0.